The lowest BCUT2D eigenvalue weighted by molar-refractivity contribution is 0.288. The van der Waals surface area contributed by atoms with Crippen molar-refractivity contribution in [2.24, 2.45) is 0 Å². The zero-order valence-corrected chi connectivity index (χ0v) is 13.9. The Balaban J connectivity index is 1.97. The van der Waals surface area contributed by atoms with Crippen LogP contribution >= 0.6 is 15.9 Å². The van der Waals surface area contributed by atoms with Crippen LogP contribution in [0.5, 0.6) is 0 Å². The fraction of sp³-hybridized carbons (Fsp3) is 0.600. The average molecular weight is 344 g/mol. The van der Waals surface area contributed by atoms with E-state index in [-0.39, 0.29) is 5.25 Å². The molecule has 0 aromatic heterocycles. The summed E-state index contributed by atoms with van der Waals surface area (Å²) in [6.45, 7) is 5.36. The highest BCUT2D eigenvalue weighted by atomic mass is 79.9. The number of hydrogen-bond acceptors (Lipinski definition) is 2. The van der Waals surface area contributed by atoms with Crippen LogP contribution in [0.25, 0.3) is 0 Å². The predicted octanol–water partition coefficient (Wildman–Crippen LogP) is 3.82. The first-order chi connectivity index (χ1) is 9.18. The van der Waals surface area contributed by atoms with Gasteiger partial charge in [-0.2, -0.15) is 0 Å². The van der Waals surface area contributed by atoms with E-state index in [9.17, 15) is 4.21 Å². The summed E-state index contributed by atoms with van der Waals surface area (Å²) >= 11 is 3.50. The van der Waals surface area contributed by atoms with Gasteiger partial charge in [-0.25, -0.2) is 0 Å². The Kier molecular flexibility index (Phi) is 6.05. The monoisotopic (exact) mass is 343 g/mol. The number of hydrogen-bond donors (Lipinski definition) is 0. The summed E-state index contributed by atoms with van der Waals surface area (Å²) in [5.74, 6) is 0. The van der Waals surface area contributed by atoms with E-state index in [1.807, 2.05) is 24.3 Å². The van der Waals surface area contributed by atoms with Gasteiger partial charge in [-0.1, -0.05) is 25.0 Å². The van der Waals surface area contributed by atoms with Crippen molar-refractivity contribution in [3.05, 3.63) is 28.7 Å². The van der Waals surface area contributed by atoms with Gasteiger partial charge in [-0.15, -0.1) is 0 Å². The summed E-state index contributed by atoms with van der Waals surface area (Å²) < 4.78 is 13.5. The lowest BCUT2D eigenvalue weighted by Gasteiger charge is -2.23. The third kappa shape index (κ3) is 4.40. The van der Waals surface area contributed by atoms with Gasteiger partial charge in [0.2, 0.25) is 0 Å². The topological polar surface area (TPSA) is 20.3 Å². The van der Waals surface area contributed by atoms with E-state index in [0.29, 0.717) is 0 Å². The van der Waals surface area contributed by atoms with E-state index in [0.717, 1.165) is 29.0 Å². The molecule has 0 saturated carbocycles. The highest BCUT2D eigenvalue weighted by Gasteiger charge is 2.19. The van der Waals surface area contributed by atoms with E-state index in [4.69, 9.17) is 0 Å². The van der Waals surface area contributed by atoms with Gasteiger partial charge in [-0.3, -0.25) is 4.21 Å². The highest BCUT2D eigenvalue weighted by Crippen LogP contribution is 2.22. The summed E-state index contributed by atoms with van der Waals surface area (Å²) in [6, 6.07) is 7.84. The summed E-state index contributed by atoms with van der Waals surface area (Å²) in [7, 11) is -0.936. The molecule has 1 aromatic rings. The summed E-state index contributed by atoms with van der Waals surface area (Å²) in [6.07, 6.45) is 5.26. The first-order valence-corrected chi connectivity index (χ1v) is 9.06. The molecule has 2 nitrogen and oxygen atoms in total. The molecule has 0 spiro atoms. The maximum Gasteiger partial charge on any atom is 0.0582 e. The molecule has 2 atom stereocenters. The fourth-order valence-electron chi connectivity index (χ4n) is 2.57. The van der Waals surface area contributed by atoms with Gasteiger partial charge in [0.15, 0.2) is 0 Å². The molecule has 0 N–H and O–H groups in total. The molecule has 106 valence electrons. The quantitative estimate of drug-likeness (QED) is 0.828. The first kappa shape index (κ1) is 15.2. The molecule has 2 rings (SSSR count). The highest BCUT2D eigenvalue weighted by molar-refractivity contribution is 9.10. The number of rotatable bonds is 4. The fourth-order valence-corrected chi connectivity index (χ4v) is 4.59. The molecular weight excluding hydrogens is 322 g/mol. The summed E-state index contributed by atoms with van der Waals surface area (Å²) in [5.41, 5.74) is 0. The summed E-state index contributed by atoms with van der Waals surface area (Å²) in [5, 5.41) is 0.178. The van der Waals surface area contributed by atoms with Gasteiger partial charge in [0.25, 0.3) is 0 Å². The third-order valence-corrected chi connectivity index (χ3v) is 6.26. The van der Waals surface area contributed by atoms with Crippen LogP contribution in [0.15, 0.2) is 33.6 Å². The second-order valence-electron chi connectivity index (χ2n) is 5.25. The van der Waals surface area contributed by atoms with Gasteiger partial charge < -0.3 is 4.90 Å². The molecule has 1 fully saturated rings. The van der Waals surface area contributed by atoms with Crippen LogP contribution in [0.4, 0.5) is 0 Å². The number of halogens is 1. The lowest BCUT2D eigenvalue weighted by Crippen LogP contribution is -2.34. The molecular formula is C15H22BrNOS. The maximum absolute atomic E-state index is 12.6. The van der Waals surface area contributed by atoms with Crippen molar-refractivity contribution in [3.63, 3.8) is 0 Å². The Morgan fingerprint density at radius 2 is 1.84 bits per heavy atom. The normalized spacial score (nSPS) is 20.7. The van der Waals surface area contributed by atoms with Crippen molar-refractivity contribution in [3.8, 4) is 0 Å². The van der Waals surface area contributed by atoms with Gasteiger partial charge in [-0.05, 0) is 60.9 Å². The Labute approximate surface area is 127 Å². The van der Waals surface area contributed by atoms with Gasteiger partial charge in [0, 0.05) is 16.3 Å². The van der Waals surface area contributed by atoms with Crippen molar-refractivity contribution >= 4 is 26.7 Å². The van der Waals surface area contributed by atoms with Gasteiger partial charge in [0.05, 0.1) is 15.7 Å². The molecule has 0 unspecified atom stereocenters. The third-order valence-electron chi connectivity index (χ3n) is 3.63. The molecule has 4 heteroatoms. The Bertz CT molecular complexity index is 430. The van der Waals surface area contributed by atoms with Crippen molar-refractivity contribution in [1.29, 1.82) is 0 Å². The summed E-state index contributed by atoms with van der Waals surface area (Å²) in [4.78, 5) is 3.40. The zero-order chi connectivity index (χ0) is 13.7. The van der Waals surface area contributed by atoms with Crippen molar-refractivity contribution in [2.45, 2.75) is 42.8 Å². The van der Waals surface area contributed by atoms with Crippen LogP contribution in [-0.4, -0.2) is 34.0 Å². The molecule has 0 bridgehead atoms. The molecule has 0 aliphatic carbocycles. The number of nitrogens with zero attached hydrogens (tertiary/aromatic N) is 1. The minimum absolute atomic E-state index is 0.178. The van der Waals surface area contributed by atoms with Gasteiger partial charge in [0.1, 0.15) is 0 Å². The van der Waals surface area contributed by atoms with Crippen molar-refractivity contribution < 1.29 is 4.21 Å². The molecule has 19 heavy (non-hydrogen) atoms. The van der Waals surface area contributed by atoms with E-state index in [1.165, 1.54) is 25.7 Å². The van der Waals surface area contributed by atoms with Crippen LogP contribution in [0.1, 0.15) is 32.6 Å². The molecule has 0 radical (unpaired) electrons. The van der Waals surface area contributed by atoms with Crippen molar-refractivity contribution in [2.75, 3.05) is 19.6 Å². The van der Waals surface area contributed by atoms with Crippen LogP contribution in [0.3, 0.4) is 0 Å². The van der Waals surface area contributed by atoms with Crippen LogP contribution in [0, 0.1) is 0 Å². The average Bonchev–Trinajstić information content (AvgIpc) is 2.67. The molecule has 1 heterocycles. The van der Waals surface area contributed by atoms with E-state index < -0.39 is 10.8 Å². The minimum atomic E-state index is -0.936. The minimum Gasteiger partial charge on any atom is -0.302 e. The lowest BCUT2D eigenvalue weighted by atomic mass is 10.2. The number of benzene rings is 1. The zero-order valence-electron chi connectivity index (χ0n) is 11.5. The van der Waals surface area contributed by atoms with Crippen LogP contribution < -0.4 is 0 Å². The molecule has 1 aliphatic rings. The molecule has 0 amide bonds. The van der Waals surface area contributed by atoms with E-state index >= 15 is 0 Å². The number of likely N-dealkylation sites (tertiary alicyclic amines) is 1. The Hall–Kier alpha value is -0.190. The predicted molar refractivity (Wildman–Crippen MR) is 84.9 cm³/mol. The second-order valence-corrected chi connectivity index (χ2v) is 7.95. The second kappa shape index (κ2) is 7.55. The van der Waals surface area contributed by atoms with E-state index in [2.05, 4.69) is 27.8 Å². The molecule has 1 aliphatic heterocycles. The maximum atomic E-state index is 12.6. The smallest absolute Gasteiger partial charge is 0.0582 e. The Morgan fingerprint density at radius 3 is 2.47 bits per heavy atom. The van der Waals surface area contributed by atoms with E-state index in [1.54, 1.807) is 0 Å². The standard InChI is InChI=1S/C15H22BrNOS/c1-13(12-17-10-6-2-3-7-11-17)19(18)15-9-5-4-8-14(15)16/h4-5,8-9,13H,2-3,6-7,10-12H2,1H3/t13-,19-/m1/s1. The molecule has 1 saturated heterocycles. The van der Waals surface area contributed by atoms with Crippen LogP contribution in [-0.2, 0) is 10.8 Å². The first-order valence-electron chi connectivity index (χ1n) is 7.06. The van der Waals surface area contributed by atoms with Crippen molar-refractivity contribution in [1.82, 2.24) is 4.90 Å². The largest absolute Gasteiger partial charge is 0.302 e. The Morgan fingerprint density at radius 1 is 1.21 bits per heavy atom. The van der Waals surface area contributed by atoms with Gasteiger partial charge >= 0.3 is 0 Å². The van der Waals surface area contributed by atoms with Crippen LogP contribution in [0.2, 0.25) is 0 Å². The molecule has 1 aromatic carbocycles. The SMILES string of the molecule is C[C@H](CN1CCCCCC1)[S@@](=O)c1ccccc1Br.